The Labute approximate surface area is 125 Å². The number of nitrogens with one attached hydrogen (secondary N) is 1. The highest BCUT2D eigenvalue weighted by Crippen LogP contribution is 2.15. The number of aliphatic hydroxyl groups excluding tert-OH is 1. The number of hydrogen-bond acceptors (Lipinski definition) is 4. The van der Waals surface area contributed by atoms with Gasteiger partial charge in [-0.1, -0.05) is 30.3 Å². The molecule has 0 atom stereocenters. The smallest absolute Gasteiger partial charge is 0.119 e. The van der Waals surface area contributed by atoms with Gasteiger partial charge in [-0.3, -0.25) is 4.99 Å². The molecule has 21 heavy (non-hydrogen) atoms. The van der Waals surface area contributed by atoms with Crippen LogP contribution < -0.4 is 10.1 Å². The van der Waals surface area contributed by atoms with Crippen LogP contribution in [0.3, 0.4) is 0 Å². The lowest BCUT2D eigenvalue weighted by Gasteiger charge is -2.07. The van der Waals surface area contributed by atoms with E-state index in [9.17, 15) is 0 Å². The van der Waals surface area contributed by atoms with Crippen LogP contribution in [0.15, 0.2) is 59.6 Å². The Bertz CT molecular complexity index is 538. The fraction of sp³-hybridized carbons (Fsp3) is 0.235. The van der Waals surface area contributed by atoms with Crippen LogP contribution in [0.1, 0.15) is 5.56 Å². The number of hydrogen-bond donors (Lipinski definition) is 2. The molecule has 0 unspecified atom stereocenters. The maximum Gasteiger partial charge on any atom is 0.119 e. The van der Waals surface area contributed by atoms with Crippen molar-refractivity contribution in [2.24, 2.45) is 4.99 Å². The molecule has 0 aliphatic rings. The Morgan fingerprint density at radius 2 is 1.81 bits per heavy atom. The molecule has 0 amide bonds. The van der Waals surface area contributed by atoms with Crippen LogP contribution in [0, 0.1) is 0 Å². The molecule has 0 aromatic heterocycles. The summed E-state index contributed by atoms with van der Waals surface area (Å²) in [6.45, 7) is 1.85. The standard InChI is InChI=1S/C17H20N2O2/c20-12-10-19-16-6-8-17(9-7-16)21-13-11-18-14-15-4-2-1-3-5-15/h1-9,14,19-20H,10-13H2. The molecule has 0 bridgehead atoms. The third-order valence-corrected chi connectivity index (χ3v) is 2.82. The summed E-state index contributed by atoms with van der Waals surface area (Å²) in [5, 5.41) is 11.8. The first-order valence-electron chi connectivity index (χ1n) is 7.01. The minimum Gasteiger partial charge on any atom is -0.492 e. The minimum atomic E-state index is 0.123. The second kappa shape index (κ2) is 8.76. The predicted molar refractivity (Wildman–Crippen MR) is 86.4 cm³/mol. The van der Waals surface area contributed by atoms with Gasteiger partial charge in [0.15, 0.2) is 0 Å². The summed E-state index contributed by atoms with van der Waals surface area (Å²) in [4.78, 5) is 4.32. The molecule has 0 spiro atoms. The van der Waals surface area contributed by atoms with Crippen molar-refractivity contribution < 1.29 is 9.84 Å². The van der Waals surface area contributed by atoms with Gasteiger partial charge in [0.05, 0.1) is 13.2 Å². The van der Waals surface area contributed by atoms with E-state index in [0.29, 0.717) is 19.7 Å². The molecule has 110 valence electrons. The van der Waals surface area contributed by atoms with Gasteiger partial charge in [0, 0.05) is 18.4 Å². The monoisotopic (exact) mass is 284 g/mol. The first-order valence-corrected chi connectivity index (χ1v) is 7.01. The van der Waals surface area contributed by atoms with E-state index < -0.39 is 0 Å². The van der Waals surface area contributed by atoms with Gasteiger partial charge in [0.2, 0.25) is 0 Å². The number of aliphatic imine (C=N–C) groups is 1. The zero-order valence-corrected chi connectivity index (χ0v) is 11.9. The molecule has 2 rings (SSSR count). The molecule has 4 heteroatoms. The molecule has 4 nitrogen and oxygen atoms in total. The van der Waals surface area contributed by atoms with E-state index in [1.165, 1.54) is 0 Å². The Morgan fingerprint density at radius 1 is 1.05 bits per heavy atom. The minimum absolute atomic E-state index is 0.123. The molecule has 0 fully saturated rings. The number of benzene rings is 2. The van der Waals surface area contributed by atoms with Crippen LogP contribution in [0.2, 0.25) is 0 Å². The Morgan fingerprint density at radius 3 is 2.52 bits per heavy atom. The summed E-state index contributed by atoms with van der Waals surface area (Å²) < 4.78 is 5.61. The first kappa shape index (κ1) is 15.1. The van der Waals surface area contributed by atoms with Gasteiger partial charge in [-0.15, -0.1) is 0 Å². The highest BCUT2D eigenvalue weighted by molar-refractivity contribution is 5.79. The van der Waals surface area contributed by atoms with Crippen molar-refractivity contribution >= 4 is 11.9 Å². The second-order valence-electron chi connectivity index (χ2n) is 4.47. The van der Waals surface area contributed by atoms with E-state index in [1.54, 1.807) is 0 Å². The van der Waals surface area contributed by atoms with Gasteiger partial charge in [0.1, 0.15) is 12.4 Å². The first-order chi connectivity index (χ1) is 10.4. The SMILES string of the molecule is OCCNc1ccc(OCCN=Cc2ccccc2)cc1. The highest BCUT2D eigenvalue weighted by Gasteiger charge is 1.94. The number of anilines is 1. The van der Waals surface area contributed by atoms with Crippen LogP contribution in [0.25, 0.3) is 0 Å². The molecule has 0 saturated heterocycles. The summed E-state index contributed by atoms with van der Waals surface area (Å²) in [5.74, 6) is 0.819. The summed E-state index contributed by atoms with van der Waals surface area (Å²) >= 11 is 0. The number of ether oxygens (including phenoxy) is 1. The Hall–Kier alpha value is -2.33. The Balaban J connectivity index is 1.70. The molecule has 0 radical (unpaired) electrons. The van der Waals surface area contributed by atoms with E-state index >= 15 is 0 Å². The topological polar surface area (TPSA) is 53.8 Å². The second-order valence-corrected chi connectivity index (χ2v) is 4.47. The van der Waals surface area contributed by atoms with E-state index in [4.69, 9.17) is 9.84 Å². The third kappa shape index (κ3) is 5.67. The summed E-state index contributed by atoms with van der Waals surface area (Å²) in [6.07, 6.45) is 1.85. The summed E-state index contributed by atoms with van der Waals surface area (Å²) in [6, 6.07) is 17.7. The molecular weight excluding hydrogens is 264 g/mol. The fourth-order valence-electron chi connectivity index (χ4n) is 1.79. The quantitative estimate of drug-likeness (QED) is 0.578. The van der Waals surface area contributed by atoms with Gasteiger partial charge in [0.25, 0.3) is 0 Å². The zero-order valence-electron chi connectivity index (χ0n) is 11.9. The fourth-order valence-corrected chi connectivity index (χ4v) is 1.79. The van der Waals surface area contributed by atoms with E-state index in [2.05, 4.69) is 10.3 Å². The molecule has 0 aliphatic heterocycles. The van der Waals surface area contributed by atoms with Crippen molar-refractivity contribution in [1.29, 1.82) is 0 Å². The van der Waals surface area contributed by atoms with E-state index in [0.717, 1.165) is 17.0 Å². The lowest BCUT2D eigenvalue weighted by Crippen LogP contribution is -2.05. The lowest BCUT2D eigenvalue weighted by molar-refractivity contribution is 0.311. The predicted octanol–water partition coefficient (Wildman–Crippen LogP) is 2.59. The van der Waals surface area contributed by atoms with Gasteiger partial charge in [-0.25, -0.2) is 0 Å². The number of rotatable bonds is 8. The van der Waals surface area contributed by atoms with Gasteiger partial charge in [-0.05, 0) is 29.8 Å². The highest BCUT2D eigenvalue weighted by atomic mass is 16.5. The number of aliphatic hydroxyl groups is 1. The average Bonchev–Trinajstić information content (AvgIpc) is 2.55. The average molecular weight is 284 g/mol. The lowest BCUT2D eigenvalue weighted by atomic mass is 10.2. The molecule has 2 aromatic rings. The molecule has 2 N–H and O–H groups in total. The van der Waals surface area contributed by atoms with Crippen LogP contribution in [0.4, 0.5) is 5.69 Å². The van der Waals surface area contributed by atoms with Crippen LogP contribution >= 0.6 is 0 Å². The van der Waals surface area contributed by atoms with Crippen molar-refractivity contribution in [1.82, 2.24) is 0 Å². The molecule has 0 saturated carbocycles. The summed E-state index contributed by atoms with van der Waals surface area (Å²) in [7, 11) is 0. The van der Waals surface area contributed by atoms with E-state index in [1.807, 2.05) is 60.8 Å². The van der Waals surface area contributed by atoms with Crippen molar-refractivity contribution in [2.45, 2.75) is 0 Å². The van der Waals surface area contributed by atoms with Crippen LogP contribution in [-0.4, -0.2) is 37.6 Å². The summed E-state index contributed by atoms with van der Waals surface area (Å²) in [5.41, 5.74) is 2.07. The van der Waals surface area contributed by atoms with Gasteiger partial charge >= 0.3 is 0 Å². The van der Waals surface area contributed by atoms with Crippen molar-refractivity contribution in [3.63, 3.8) is 0 Å². The zero-order chi connectivity index (χ0) is 14.8. The molecule has 0 heterocycles. The largest absolute Gasteiger partial charge is 0.492 e. The molecular formula is C17H20N2O2. The maximum absolute atomic E-state index is 8.73. The Kier molecular flexibility index (Phi) is 6.29. The van der Waals surface area contributed by atoms with Gasteiger partial charge < -0.3 is 15.2 Å². The third-order valence-electron chi connectivity index (χ3n) is 2.82. The number of nitrogens with zero attached hydrogens (tertiary/aromatic N) is 1. The van der Waals surface area contributed by atoms with Crippen molar-refractivity contribution in [3.05, 3.63) is 60.2 Å². The van der Waals surface area contributed by atoms with Crippen LogP contribution in [-0.2, 0) is 0 Å². The van der Waals surface area contributed by atoms with Crippen molar-refractivity contribution in [3.8, 4) is 5.75 Å². The van der Waals surface area contributed by atoms with Crippen LogP contribution in [0.5, 0.6) is 5.75 Å². The normalized spacial score (nSPS) is 10.7. The van der Waals surface area contributed by atoms with Gasteiger partial charge in [-0.2, -0.15) is 0 Å². The molecule has 0 aliphatic carbocycles. The van der Waals surface area contributed by atoms with E-state index in [-0.39, 0.29) is 6.61 Å². The molecule has 2 aromatic carbocycles. The van der Waals surface area contributed by atoms with Crippen molar-refractivity contribution in [2.75, 3.05) is 31.6 Å². The maximum atomic E-state index is 8.73.